The second-order valence-corrected chi connectivity index (χ2v) is 4.53. The van der Waals surface area contributed by atoms with E-state index in [1.165, 1.54) is 14.3 Å². The van der Waals surface area contributed by atoms with Crippen molar-refractivity contribution in [2.75, 3.05) is 6.61 Å². The third kappa shape index (κ3) is 2.25. The molecule has 0 N–H and O–H groups in total. The maximum Gasteiger partial charge on any atom is 0.133 e. The average Bonchev–Trinajstić information content (AvgIpc) is 2.29. The molecule has 1 nitrogen and oxygen atoms in total. The Bertz CT molecular complexity index is 465. The van der Waals surface area contributed by atoms with Gasteiger partial charge < -0.3 is 4.74 Å². The fourth-order valence-electron chi connectivity index (χ4n) is 1.54. The predicted octanol–water partition coefficient (Wildman–Crippen LogP) is 4.23. The predicted molar refractivity (Wildman–Crippen MR) is 72.5 cm³/mol. The van der Waals surface area contributed by atoms with Crippen molar-refractivity contribution in [3.05, 3.63) is 40.0 Å². The molecule has 0 amide bonds. The van der Waals surface area contributed by atoms with Crippen LogP contribution in [0.4, 0.5) is 0 Å². The summed E-state index contributed by atoms with van der Waals surface area (Å²) in [6, 6.07) is 12.6. The van der Waals surface area contributed by atoms with Crippen LogP contribution in [0.1, 0.15) is 13.3 Å². The molecule has 0 aliphatic carbocycles. The molecule has 0 aromatic heterocycles. The SMILES string of the molecule is CCCOc1ccc2ccccc2c1I. The molecule has 0 saturated carbocycles. The molecule has 0 unspecified atom stereocenters. The lowest BCUT2D eigenvalue weighted by Gasteiger charge is -2.09. The van der Waals surface area contributed by atoms with Gasteiger partial charge in [-0.1, -0.05) is 37.3 Å². The molecule has 0 saturated heterocycles. The standard InChI is InChI=1S/C13H13IO/c1-2-9-15-12-8-7-10-5-3-4-6-11(10)13(12)14/h3-8H,2,9H2,1H3. The molecular formula is C13H13IO. The quantitative estimate of drug-likeness (QED) is 0.771. The van der Waals surface area contributed by atoms with Crippen LogP contribution in [0.25, 0.3) is 10.8 Å². The Morgan fingerprint density at radius 2 is 1.93 bits per heavy atom. The van der Waals surface area contributed by atoms with Crippen molar-refractivity contribution in [3.63, 3.8) is 0 Å². The van der Waals surface area contributed by atoms with Crippen LogP contribution >= 0.6 is 22.6 Å². The van der Waals surface area contributed by atoms with E-state index in [-0.39, 0.29) is 0 Å². The number of benzene rings is 2. The lowest BCUT2D eigenvalue weighted by atomic mass is 10.1. The Balaban J connectivity index is 2.45. The normalized spacial score (nSPS) is 10.5. The van der Waals surface area contributed by atoms with Gasteiger partial charge in [-0.15, -0.1) is 0 Å². The highest BCUT2D eigenvalue weighted by Gasteiger charge is 2.04. The molecular weight excluding hydrogens is 299 g/mol. The summed E-state index contributed by atoms with van der Waals surface area (Å²) in [6.45, 7) is 2.91. The van der Waals surface area contributed by atoms with Crippen molar-refractivity contribution >= 4 is 33.4 Å². The van der Waals surface area contributed by atoms with E-state index in [4.69, 9.17) is 4.74 Å². The van der Waals surface area contributed by atoms with E-state index in [0.29, 0.717) is 0 Å². The van der Waals surface area contributed by atoms with Crippen LogP contribution in [0, 0.1) is 3.57 Å². The van der Waals surface area contributed by atoms with Gasteiger partial charge in [0, 0.05) is 0 Å². The zero-order valence-electron chi connectivity index (χ0n) is 8.66. The van der Waals surface area contributed by atoms with Crippen molar-refractivity contribution in [3.8, 4) is 5.75 Å². The van der Waals surface area contributed by atoms with E-state index in [1.54, 1.807) is 0 Å². The molecule has 2 aromatic rings. The summed E-state index contributed by atoms with van der Waals surface area (Å²) in [5, 5.41) is 2.54. The molecule has 0 bridgehead atoms. The fraction of sp³-hybridized carbons (Fsp3) is 0.231. The van der Waals surface area contributed by atoms with Gasteiger partial charge in [0.1, 0.15) is 5.75 Å². The summed E-state index contributed by atoms with van der Waals surface area (Å²) in [4.78, 5) is 0. The topological polar surface area (TPSA) is 9.23 Å². The molecule has 0 fully saturated rings. The van der Waals surface area contributed by atoms with Gasteiger partial charge in [0.2, 0.25) is 0 Å². The zero-order chi connectivity index (χ0) is 10.7. The first-order valence-electron chi connectivity index (χ1n) is 5.13. The molecule has 0 atom stereocenters. The Hall–Kier alpha value is -0.770. The summed E-state index contributed by atoms with van der Waals surface area (Å²) < 4.78 is 6.89. The van der Waals surface area contributed by atoms with E-state index in [2.05, 4.69) is 65.9 Å². The number of hydrogen-bond donors (Lipinski definition) is 0. The number of halogens is 1. The highest BCUT2D eigenvalue weighted by atomic mass is 127. The minimum absolute atomic E-state index is 0.786. The molecule has 0 heterocycles. The minimum atomic E-state index is 0.786. The van der Waals surface area contributed by atoms with Crippen LogP contribution in [-0.4, -0.2) is 6.61 Å². The van der Waals surface area contributed by atoms with Gasteiger partial charge >= 0.3 is 0 Å². The smallest absolute Gasteiger partial charge is 0.133 e. The van der Waals surface area contributed by atoms with Gasteiger partial charge in [0.15, 0.2) is 0 Å². The summed E-state index contributed by atoms with van der Waals surface area (Å²) in [5.74, 6) is 0.996. The minimum Gasteiger partial charge on any atom is -0.492 e. The fourth-order valence-corrected chi connectivity index (χ4v) is 2.36. The van der Waals surface area contributed by atoms with Crippen molar-refractivity contribution in [2.45, 2.75) is 13.3 Å². The van der Waals surface area contributed by atoms with Crippen molar-refractivity contribution in [1.82, 2.24) is 0 Å². The summed E-state index contributed by atoms with van der Waals surface area (Å²) >= 11 is 2.35. The Morgan fingerprint density at radius 3 is 2.73 bits per heavy atom. The first-order chi connectivity index (χ1) is 7.33. The summed E-state index contributed by atoms with van der Waals surface area (Å²) in [7, 11) is 0. The molecule has 2 rings (SSSR count). The van der Waals surface area contributed by atoms with Crippen LogP contribution < -0.4 is 4.74 Å². The molecule has 2 heteroatoms. The monoisotopic (exact) mass is 312 g/mol. The zero-order valence-corrected chi connectivity index (χ0v) is 10.8. The third-order valence-corrected chi connectivity index (χ3v) is 3.40. The lowest BCUT2D eigenvalue weighted by molar-refractivity contribution is 0.316. The maximum atomic E-state index is 5.69. The van der Waals surface area contributed by atoms with Gasteiger partial charge in [-0.25, -0.2) is 0 Å². The molecule has 0 radical (unpaired) electrons. The molecule has 78 valence electrons. The van der Waals surface area contributed by atoms with E-state index in [0.717, 1.165) is 18.8 Å². The van der Waals surface area contributed by atoms with Crippen LogP contribution in [0.5, 0.6) is 5.75 Å². The van der Waals surface area contributed by atoms with E-state index < -0.39 is 0 Å². The Kier molecular flexibility index (Phi) is 3.46. The van der Waals surface area contributed by atoms with Crippen molar-refractivity contribution in [1.29, 1.82) is 0 Å². The second kappa shape index (κ2) is 4.84. The number of ether oxygens (including phenoxy) is 1. The van der Waals surface area contributed by atoms with Crippen LogP contribution in [0.3, 0.4) is 0 Å². The average molecular weight is 312 g/mol. The van der Waals surface area contributed by atoms with Crippen LogP contribution in [0.15, 0.2) is 36.4 Å². The molecule has 2 aromatic carbocycles. The lowest BCUT2D eigenvalue weighted by Crippen LogP contribution is -1.97. The van der Waals surface area contributed by atoms with Gasteiger partial charge in [-0.3, -0.25) is 0 Å². The molecule has 0 aliphatic rings. The highest BCUT2D eigenvalue weighted by Crippen LogP contribution is 2.29. The summed E-state index contributed by atoms with van der Waals surface area (Å²) in [5.41, 5.74) is 0. The van der Waals surface area contributed by atoms with E-state index >= 15 is 0 Å². The number of rotatable bonds is 3. The first kappa shape index (κ1) is 10.7. The number of hydrogen-bond acceptors (Lipinski definition) is 1. The molecule has 15 heavy (non-hydrogen) atoms. The van der Waals surface area contributed by atoms with E-state index in [9.17, 15) is 0 Å². The van der Waals surface area contributed by atoms with Gasteiger partial charge in [-0.2, -0.15) is 0 Å². The largest absolute Gasteiger partial charge is 0.492 e. The Morgan fingerprint density at radius 1 is 1.13 bits per heavy atom. The molecule has 0 aliphatic heterocycles. The number of fused-ring (bicyclic) bond motifs is 1. The van der Waals surface area contributed by atoms with Gasteiger partial charge in [0.25, 0.3) is 0 Å². The van der Waals surface area contributed by atoms with Crippen molar-refractivity contribution in [2.24, 2.45) is 0 Å². The summed E-state index contributed by atoms with van der Waals surface area (Å²) in [6.07, 6.45) is 1.04. The highest BCUT2D eigenvalue weighted by molar-refractivity contribution is 14.1. The van der Waals surface area contributed by atoms with Crippen LogP contribution in [0.2, 0.25) is 0 Å². The third-order valence-electron chi connectivity index (χ3n) is 2.29. The van der Waals surface area contributed by atoms with E-state index in [1.807, 2.05) is 0 Å². The first-order valence-corrected chi connectivity index (χ1v) is 6.21. The van der Waals surface area contributed by atoms with Gasteiger partial charge in [-0.05, 0) is 45.9 Å². The second-order valence-electron chi connectivity index (χ2n) is 3.45. The van der Waals surface area contributed by atoms with Gasteiger partial charge in [0.05, 0.1) is 10.2 Å². The Labute approximate surface area is 104 Å². The molecule has 0 spiro atoms. The van der Waals surface area contributed by atoms with Crippen LogP contribution in [-0.2, 0) is 0 Å². The maximum absolute atomic E-state index is 5.69. The van der Waals surface area contributed by atoms with Crippen molar-refractivity contribution < 1.29 is 4.74 Å².